The lowest BCUT2D eigenvalue weighted by Gasteiger charge is -2.21. The molecule has 0 unspecified atom stereocenters. The minimum Gasteiger partial charge on any atom is -0.355 e. The molecule has 1 aromatic rings. The lowest BCUT2D eigenvalue weighted by molar-refractivity contribution is -0.120. The molecule has 2 heterocycles. The van der Waals surface area contributed by atoms with E-state index in [0.717, 1.165) is 30.3 Å². The maximum Gasteiger partial charge on any atom is 0.228 e. The topological polar surface area (TPSA) is 62.3 Å². The Balaban J connectivity index is 1.47. The van der Waals surface area contributed by atoms with E-state index >= 15 is 0 Å². The van der Waals surface area contributed by atoms with Gasteiger partial charge < -0.3 is 5.32 Å². The van der Waals surface area contributed by atoms with Gasteiger partial charge in [0.25, 0.3) is 0 Å². The fraction of sp³-hybridized carbons (Fsp3) is 0.688. The minimum absolute atomic E-state index is 0.0372. The number of hydrogen-bond acceptors (Lipinski definition) is 4. The average Bonchev–Trinajstić information content (AvgIpc) is 3.15. The lowest BCUT2D eigenvalue weighted by atomic mass is 9.89. The number of nitrogens with one attached hydrogen (secondary N) is 1. The number of carbonyl (C=O) groups is 2. The molecule has 1 saturated carbocycles. The van der Waals surface area contributed by atoms with E-state index in [-0.39, 0.29) is 11.8 Å². The summed E-state index contributed by atoms with van der Waals surface area (Å²) < 4.78 is 0. The number of anilines is 1. The Morgan fingerprint density at radius 3 is 2.86 bits per heavy atom. The number of amides is 2. The van der Waals surface area contributed by atoms with E-state index in [0.29, 0.717) is 18.8 Å². The Bertz CT molecular complexity index is 537. The average molecular weight is 321 g/mol. The molecule has 0 aromatic carbocycles. The van der Waals surface area contributed by atoms with Crippen LogP contribution < -0.4 is 10.2 Å². The van der Waals surface area contributed by atoms with Crippen molar-refractivity contribution < 1.29 is 9.59 Å². The first-order valence-electron chi connectivity index (χ1n) is 8.24. The number of hydrogen-bond donors (Lipinski definition) is 1. The van der Waals surface area contributed by atoms with Gasteiger partial charge in [0, 0.05) is 24.9 Å². The van der Waals surface area contributed by atoms with Crippen molar-refractivity contribution in [2.45, 2.75) is 51.4 Å². The summed E-state index contributed by atoms with van der Waals surface area (Å²) >= 11 is 1.45. The van der Waals surface area contributed by atoms with Crippen LogP contribution in [0.3, 0.4) is 0 Å². The summed E-state index contributed by atoms with van der Waals surface area (Å²) in [6.45, 7) is 1.54. The van der Waals surface area contributed by atoms with Gasteiger partial charge in [-0.05, 0) is 25.2 Å². The largest absolute Gasteiger partial charge is 0.355 e. The summed E-state index contributed by atoms with van der Waals surface area (Å²) in [6, 6.07) is 0. The molecule has 1 aromatic heterocycles. The van der Waals surface area contributed by atoms with Crippen molar-refractivity contribution in [3.63, 3.8) is 0 Å². The molecule has 5 nitrogen and oxygen atoms in total. The molecule has 0 radical (unpaired) electrons. The number of carbonyl (C=O) groups excluding carboxylic acids is 2. The third kappa shape index (κ3) is 3.85. The molecule has 1 N–H and O–H groups in total. The zero-order chi connectivity index (χ0) is 15.4. The van der Waals surface area contributed by atoms with E-state index < -0.39 is 0 Å². The molecule has 3 rings (SSSR count). The van der Waals surface area contributed by atoms with Gasteiger partial charge >= 0.3 is 0 Å². The van der Waals surface area contributed by atoms with Crippen LogP contribution in [0.4, 0.5) is 5.13 Å². The van der Waals surface area contributed by atoms with E-state index in [4.69, 9.17) is 0 Å². The highest BCUT2D eigenvalue weighted by molar-refractivity contribution is 7.14. The second kappa shape index (κ2) is 7.22. The minimum atomic E-state index is 0.0372. The van der Waals surface area contributed by atoms with Crippen LogP contribution in [0.1, 0.15) is 50.6 Å². The predicted molar refractivity (Wildman–Crippen MR) is 87.0 cm³/mol. The molecular formula is C16H23N3O2S. The number of nitrogens with zero attached hydrogens (tertiary/aromatic N) is 2. The third-order valence-electron chi connectivity index (χ3n) is 4.50. The summed E-state index contributed by atoms with van der Waals surface area (Å²) in [5.74, 6) is 0.823. The van der Waals surface area contributed by atoms with E-state index in [9.17, 15) is 9.59 Å². The first-order chi connectivity index (χ1) is 10.7. The van der Waals surface area contributed by atoms with E-state index in [2.05, 4.69) is 10.3 Å². The number of thiazole rings is 1. The molecule has 0 bridgehead atoms. The van der Waals surface area contributed by atoms with Crippen LogP contribution in [0.2, 0.25) is 0 Å². The number of aromatic nitrogens is 1. The lowest BCUT2D eigenvalue weighted by Crippen LogP contribution is -2.31. The number of rotatable bonds is 5. The third-order valence-corrected chi connectivity index (χ3v) is 5.41. The molecule has 120 valence electrons. The first kappa shape index (κ1) is 15.5. The van der Waals surface area contributed by atoms with Gasteiger partial charge in [0.15, 0.2) is 5.13 Å². The zero-order valence-electron chi connectivity index (χ0n) is 12.8. The van der Waals surface area contributed by atoms with Crippen LogP contribution in [0.15, 0.2) is 5.38 Å². The van der Waals surface area contributed by atoms with E-state index in [1.807, 2.05) is 5.38 Å². The smallest absolute Gasteiger partial charge is 0.228 e. The predicted octanol–water partition coefficient (Wildman–Crippen LogP) is 2.51. The molecule has 2 aliphatic rings. The summed E-state index contributed by atoms with van der Waals surface area (Å²) in [5.41, 5.74) is 0.765. The van der Waals surface area contributed by atoms with E-state index in [1.165, 1.54) is 43.4 Å². The summed E-state index contributed by atoms with van der Waals surface area (Å²) in [4.78, 5) is 29.9. The molecule has 1 aliphatic carbocycles. The van der Waals surface area contributed by atoms with Crippen LogP contribution in [0, 0.1) is 5.92 Å². The Morgan fingerprint density at radius 2 is 2.14 bits per heavy atom. The summed E-state index contributed by atoms with van der Waals surface area (Å²) in [7, 11) is 0. The van der Waals surface area contributed by atoms with Crippen LogP contribution >= 0.6 is 11.3 Å². The maximum absolute atomic E-state index is 12.0. The van der Waals surface area contributed by atoms with Crippen LogP contribution in [0.25, 0.3) is 0 Å². The fourth-order valence-corrected chi connectivity index (χ4v) is 4.10. The SMILES string of the molecule is O=C(Cc1csc(N2CCCC2=O)n1)NCC1CCCCC1. The Labute approximate surface area is 135 Å². The molecular weight excluding hydrogens is 298 g/mol. The van der Waals surface area contributed by atoms with Crippen molar-refractivity contribution >= 4 is 28.3 Å². The highest BCUT2D eigenvalue weighted by Gasteiger charge is 2.24. The molecule has 0 atom stereocenters. The van der Waals surface area contributed by atoms with Gasteiger partial charge in [0.1, 0.15) is 0 Å². The van der Waals surface area contributed by atoms with Crippen molar-refractivity contribution in [3.05, 3.63) is 11.1 Å². The Hall–Kier alpha value is -1.43. The second-order valence-electron chi connectivity index (χ2n) is 6.26. The standard InChI is InChI=1S/C16H23N3O2S/c20-14(17-10-12-5-2-1-3-6-12)9-13-11-22-16(18-13)19-8-4-7-15(19)21/h11-12H,1-10H2,(H,17,20). The van der Waals surface area contributed by atoms with Gasteiger partial charge in [-0.3, -0.25) is 14.5 Å². The second-order valence-corrected chi connectivity index (χ2v) is 7.09. The molecule has 0 spiro atoms. The van der Waals surface area contributed by atoms with E-state index in [1.54, 1.807) is 4.90 Å². The van der Waals surface area contributed by atoms with Crippen molar-refractivity contribution in [2.75, 3.05) is 18.0 Å². The molecule has 1 saturated heterocycles. The molecule has 2 amide bonds. The van der Waals surface area contributed by atoms with Gasteiger partial charge in [-0.1, -0.05) is 19.3 Å². The van der Waals surface area contributed by atoms with Gasteiger partial charge in [-0.2, -0.15) is 0 Å². The highest BCUT2D eigenvalue weighted by atomic mass is 32.1. The normalized spacial score (nSPS) is 19.6. The zero-order valence-corrected chi connectivity index (χ0v) is 13.7. The first-order valence-corrected chi connectivity index (χ1v) is 9.12. The highest BCUT2D eigenvalue weighted by Crippen LogP contribution is 2.25. The molecule has 1 aliphatic heterocycles. The van der Waals surface area contributed by atoms with Crippen molar-refractivity contribution in [1.29, 1.82) is 0 Å². The molecule has 6 heteroatoms. The molecule has 2 fully saturated rings. The van der Waals surface area contributed by atoms with Crippen LogP contribution in [0.5, 0.6) is 0 Å². The van der Waals surface area contributed by atoms with Crippen molar-refractivity contribution in [3.8, 4) is 0 Å². The van der Waals surface area contributed by atoms with Gasteiger partial charge in [-0.25, -0.2) is 4.98 Å². The van der Waals surface area contributed by atoms with Gasteiger partial charge in [0.2, 0.25) is 11.8 Å². The van der Waals surface area contributed by atoms with Crippen LogP contribution in [-0.4, -0.2) is 29.9 Å². The Morgan fingerprint density at radius 1 is 1.32 bits per heavy atom. The Kier molecular flexibility index (Phi) is 5.08. The van der Waals surface area contributed by atoms with Gasteiger partial charge in [0.05, 0.1) is 12.1 Å². The van der Waals surface area contributed by atoms with Crippen molar-refractivity contribution in [1.82, 2.24) is 10.3 Å². The monoisotopic (exact) mass is 321 g/mol. The molecule has 22 heavy (non-hydrogen) atoms. The summed E-state index contributed by atoms with van der Waals surface area (Å²) in [6.07, 6.45) is 8.20. The van der Waals surface area contributed by atoms with Crippen molar-refractivity contribution in [2.24, 2.45) is 5.92 Å². The fourth-order valence-electron chi connectivity index (χ4n) is 3.23. The van der Waals surface area contributed by atoms with Crippen LogP contribution in [-0.2, 0) is 16.0 Å². The van der Waals surface area contributed by atoms with Gasteiger partial charge in [-0.15, -0.1) is 11.3 Å². The summed E-state index contributed by atoms with van der Waals surface area (Å²) in [5, 5.41) is 5.66. The maximum atomic E-state index is 12.0. The quantitative estimate of drug-likeness (QED) is 0.906.